The van der Waals surface area contributed by atoms with Gasteiger partial charge in [-0.2, -0.15) is 0 Å². The molecule has 20 heavy (non-hydrogen) atoms. The lowest BCUT2D eigenvalue weighted by Gasteiger charge is -2.19. The SMILES string of the molecule is COC(=O)[C@@H](N)CCCCCCCC(=O)OC(C)(C)C. The maximum Gasteiger partial charge on any atom is 0.322 e. The van der Waals surface area contributed by atoms with E-state index in [0.717, 1.165) is 32.1 Å². The van der Waals surface area contributed by atoms with E-state index in [-0.39, 0.29) is 11.9 Å². The number of methoxy groups -OCH3 is 1. The Balaban J connectivity index is 3.46. The number of rotatable bonds is 9. The van der Waals surface area contributed by atoms with Gasteiger partial charge in [0.2, 0.25) is 0 Å². The average molecular weight is 287 g/mol. The molecule has 0 radical (unpaired) electrons. The Hall–Kier alpha value is -1.10. The molecule has 0 aliphatic carbocycles. The standard InChI is InChI=1S/C15H29NO4/c1-15(2,3)20-13(17)11-9-7-5-6-8-10-12(16)14(18)19-4/h12H,5-11,16H2,1-4H3/t12-/m0/s1. The number of nitrogens with two attached hydrogens (primary N) is 1. The number of hydrogen-bond donors (Lipinski definition) is 1. The number of carbonyl (C=O) groups excluding carboxylic acids is 2. The normalized spacial score (nSPS) is 12.8. The molecule has 0 saturated heterocycles. The summed E-state index contributed by atoms with van der Waals surface area (Å²) in [6.07, 6.45) is 5.92. The molecule has 0 spiro atoms. The lowest BCUT2D eigenvalue weighted by Crippen LogP contribution is -2.31. The molecule has 0 aromatic heterocycles. The van der Waals surface area contributed by atoms with Gasteiger partial charge in [-0.1, -0.05) is 25.7 Å². The van der Waals surface area contributed by atoms with E-state index >= 15 is 0 Å². The Morgan fingerprint density at radius 3 is 2.15 bits per heavy atom. The van der Waals surface area contributed by atoms with Crippen molar-refractivity contribution in [1.82, 2.24) is 0 Å². The van der Waals surface area contributed by atoms with E-state index in [4.69, 9.17) is 10.5 Å². The second kappa shape index (κ2) is 9.75. The summed E-state index contributed by atoms with van der Waals surface area (Å²) in [5.41, 5.74) is 5.23. The predicted molar refractivity (Wildman–Crippen MR) is 78.2 cm³/mol. The van der Waals surface area contributed by atoms with E-state index in [0.29, 0.717) is 12.8 Å². The Kier molecular flexibility index (Phi) is 9.21. The Morgan fingerprint density at radius 1 is 1.05 bits per heavy atom. The van der Waals surface area contributed by atoms with E-state index in [1.807, 2.05) is 20.8 Å². The molecule has 0 aromatic rings. The lowest BCUT2D eigenvalue weighted by atomic mass is 10.1. The molecule has 0 aromatic carbocycles. The van der Waals surface area contributed by atoms with Crippen LogP contribution in [0.15, 0.2) is 0 Å². The maximum atomic E-state index is 11.5. The molecular formula is C15H29NO4. The first kappa shape index (κ1) is 18.9. The maximum absolute atomic E-state index is 11.5. The third kappa shape index (κ3) is 10.8. The van der Waals surface area contributed by atoms with E-state index in [2.05, 4.69) is 4.74 Å². The molecule has 0 aliphatic heterocycles. The van der Waals surface area contributed by atoms with E-state index < -0.39 is 11.6 Å². The number of ether oxygens (including phenoxy) is 2. The van der Waals surface area contributed by atoms with Crippen molar-refractivity contribution in [2.24, 2.45) is 5.73 Å². The molecule has 0 amide bonds. The summed E-state index contributed by atoms with van der Waals surface area (Å²) in [6, 6.07) is -0.512. The predicted octanol–water partition coefficient (Wildman–Crippen LogP) is 2.56. The van der Waals surface area contributed by atoms with Gasteiger partial charge in [0.05, 0.1) is 7.11 Å². The first-order valence-electron chi connectivity index (χ1n) is 7.31. The zero-order chi connectivity index (χ0) is 15.6. The van der Waals surface area contributed by atoms with Gasteiger partial charge in [-0.3, -0.25) is 9.59 Å². The van der Waals surface area contributed by atoms with Crippen LogP contribution in [-0.2, 0) is 19.1 Å². The molecule has 118 valence electrons. The molecule has 0 bridgehead atoms. The van der Waals surface area contributed by atoms with Crippen molar-refractivity contribution < 1.29 is 19.1 Å². The first-order chi connectivity index (χ1) is 9.26. The molecule has 0 unspecified atom stereocenters. The van der Waals surface area contributed by atoms with Gasteiger partial charge in [0.15, 0.2) is 0 Å². The van der Waals surface area contributed by atoms with Crippen LogP contribution in [0.4, 0.5) is 0 Å². The highest BCUT2D eigenvalue weighted by Crippen LogP contribution is 2.12. The van der Waals surface area contributed by atoms with Crippen molar-refractivity contribution in [1.29, 1.82) is 0 Å². The molecule has 2 N–H and O–H groups in total. The average Bonchev–Trinajstić information content (AvgIpc) is 2.34. The van der Waals surface area contributed by atoms with Crippen LogP contribution in [0.1, 0.15) is 65.7 Å². The Morgan fingerprint density at radius 2 is 1.60 bits per heavy atom. The van der Waals surface area contributed by atoms with Gasteiger partial charge in [0.1, 0.15) is 11.6 Å². The fourth-order valence-corrected chi connectivity index (χ4v) is 1.83. The van der Waals surface area contributed by atoms with E-state index in [1.165, 1.54) is 7.11 Å². The van der Waals surface area contributed by atoms with Gasteiger partial charge in [0.25, 0.3) is 0 Å². The van der Waals surface area contributed by atoms with Crippen LogP contribution in [0.25, 0.3) is 0 Å². The number of carbonyl (C=O) groups is 2. The van der Waals surface area contributed by atoms with Crippen LogP contribution in [-0.4, -0.2) is 30.7 Å². The summed E-state index contributed by atoms with van der Waals surface area (Å²) in [4.78, 5) is 22.5. The zero-order valence-corrected chi connectivity index (χ0v) is 13.2. The third-order valence-corrected chi connectivity index (χ3v) is 2.82. The molecule has 0 rings (SSSR count). The van der Waals surface area contributed by atoms with Crippen molar-refractivity contribution in [3.63, 3.8) is 0 Å². The zero-order valence-electron chi connectivity index (χ0n) is 13.2. The van der Waals surface area contributed by atoms with Gasteiger partial charge in [-0.25, -0.2) is 0 Å². The highest BCUT2D eigenvalue weighted by atomic mass is 16.6. The fraction of sp³-hybridized carbons (Fsp3) is 0.867. The van der Waals surface area contributed by atoms with Crippen LogP contribution in [0.5, 0.6) is 0 Å². The molecule has 5 nitrogen and oxygen atoms in total. The second-order valence-electron chi connectivity index (χ2n) is 6.02. The van der Waals surface area contributed by atoms with Crippen molar-refractivity contribution in [2.75, 3.05) is 7.11 Å². The summed E-state index contributed by atoms with van der Waals surface area (Å²) < 4.78 is 9.79. The molecule has 0 heterocycles. The Bertz CT molecular complexity index is 297. The van der Waals surface area contributed by atoms with Crippen LogP contribution in [0, 0.1) is 0 Å². The molecule has 0 aliphatic rings. The lowest BCUT2D eigenvalue weighted by molar-refractivity contribution is -0.155. The van der Waals surface area contributed by atoms with Crippen molar-refractivity contribution in [2.45, 2.75) is 77.4 Å². The Labute approximate surface area is 122 Å². The smallest absolute Gasteiger partial charge is 0.322 e. The van der Waals surface area contributed by atoms with E-state index in [1.54, 1.807) is 0 Å². The van der Waals surface area contributed by atoms with Crippen LogP contribution in [0.3, 0.4) is 0 Å². The van der Waals surface area contributed by atoms with Crippen LogP contribution >= 0.6 is 0 Å². The molecule has 1 atom stereocenters. The molecule has 0 fully saturated rings. The number of hydrogen-bond acceptors (Lipinski definition) is 5. The van der Waals surface area contributed by atoms with Gasteiger partial charge >= 0.3 is 11.9 Å². The molecular weight excluding hydrogens is 258 g/mol. The monoisotopic (exact) mass is 287 g/mol. The number of unbranched alkanes of at least 4 members (excludes halogenated alkanes) is 4. The first-order valence-corrected chi connectivity index (χ1v) is 7.31. The fourth-order valence-electron chi connectivity index (χ4n) is 1.83. The summed E-state index contributed by atoms with van der Waals surface area (Å²) in [5, 5.41) is 0. The largest absolute Gasteiger partial charge is 0.468 e. The minimum absolute atomic E-state index is 0.134. The topological polar surface area (TPSA) is 78.6 Å². The minimum Gasteiger partial charge on any atom is -0.468 e. The second-order valence-corrected chi connectivity index (χ2v) is 6.02. The quantitative estimate of drug-likeness (QED) is 0.521. The highest BCUT2D eigenvalue weighted by Gasteiger charge is 2.15. The minimum atomic E-state index is -0.512. The van der Waals surface area contributed by atoms with Crippen molar-refractivity contribution >= 4 is 11.9 Å². The van der Waals surface area contributed by atoms with E-state index in [9.17, 15) is 9.59 Å². The van der Waals surface area contributed by atoms with Gasteiger partial charge in [0, 0.05) is 6.42 Å². The summed E-state index contributed by atoms with van der Waals surface area (Å²) in [7, 11) is 1.35. The van der Waals surface area contributed by atoms with Crippen LogP contribution in [0.2, 0.25) is 0 Å². The third-order valence-electron chi connectivity index (χ3n) is 2.82. The summed E-state index contributed by atoms with van der Waals surface area (Å²) in [5.74, 6) is -0.486. The van der Waals surface area contributed by atoms with Gasteiger partial charge in [-0.15, -0.1) is 0 Å². The van der Waals surface area contributed by atoms with Gasteiger partial charge < -0.3 is 15.2 Å². The van der Waals surface area contributed by atoms with Crippen molar-refractivity contribution in [3.8, 4) is 0 Å². The molecule has 0 saturated carbocycles. The highest BCUT2D eigenvalue weighted by molar-refractivity contribution is 5.75. The van der Waals surface area contributed by atoms with Crippen LogP contribution < -0.4 is 5.73 Å². The van der Waals surface area contributed by atoms with Crippen molar-refractivity contribution in [3.05, 3.63) is 0 Å². The van der Waals surface area contributed by atoms with Gasteiger partial charge in [-0.05, 0) is 33.6 Å². The number of esters is 2. The molecule has 5 heteroatoms. The summed E-state index contributed by atoms with van der Waals surface area (Å²) in [6.45, 7) is 5.61. The summed E-state index contributed by atoms with van der Waals surface area (Å²) >= 11 is 0.